The Labute approximate surface area is 295 Å². The maximum atomic E-state index is 17.1. The molecule has 0 spiro atoms. The monoisotopic (exact) mass is 690 g/mol. The zero-order valence-electron chi connectivity index (χ0n) is 28.2. The number of benzene rings is 1. The Morgan fingerprint density at radius 3 is 2.80 bits per heavy atom. The first kappa shape index (κ1) is 34.6. The summed E-state index contributed by atoms with van der Waals surface area (Å²) >= 11 is 6.90. The third-order valence-electron chi connectivity index (χ3n) is 9.70. The molecule has 0 aliphatic carbocycles. The summed E-state index contributed by atoms with van der Waals surface area (Å²) in [5, 5.41) is 25.6. The number of likely N-dealkylation sites (N-methyl/N-ethyl adjacent to an activating group) is 1. The number of halogens is 2. The van der Waals surface area contributed by atoms with E-state index in [-0.39, 0.29) is 69.8 Å². The molecule has 50 heavy (non-hydrogen) atoms. The molecule has 12 heteroatoms. The number of carbonyl (C=O) groups excluding carboxylic acids is 1. The number of likely N-dealkylation sites (tertiary alicyclic amines) is 2. The molecule has 2 fully saturated rings. The van der Waals surface area contributed by atoms with Gasteiger partial charge in [-0.3, -0.25) is 19.4 Å². The maximum absolute atomic E-state index is 17.1. The fraction of sp³-hybridized carbons (Fsp3) is 0.368. The van der Waals surface area contributed by atoms with Gasteiger partial charge in [-0.1, -0.05) is 42.3 Å². The van der Waals surface area contributed by atoms with E-state index in [4.69, 9.17) is 26.4 Å². The second-order valence-electron chi connectivity index (χ2n) is 12.6. The standard InChI is InChI=1S/C38H36ClFN8O2/c1-5-7-10-24-13-16-43-35(28(24)21-42)33-30(39)20-27-36(34(33)40)45-38(50-23(3)31-11-8-17-46(31)4)29-22-44-48(37(27)29)26-14-18-47(32(49)9-6-2)25(19-26)12-15-41/h5,7,10,13,16,20,22-23,25-26,31H,1,8,11-12,14,17-19H2,2-4H3/b10-7-/t23-,25+,26-,31-/m0/s1. The van der Waals surface area contributed by atoms with Gasteiger partial charge in [0.2, 0.25) is 5.88 Å². The van der Waals surface area contributed by atoms with Gasteiger partial charge in [0.15, 0.2) is 5.82 Å². The van der Waals surface area contributed by atoms with E-state index in [1.807, 2.05) is 11.6 Å². The summed E-state index contributed by atoms with van der Waals surface area (Å²) in [6.07, 6.45) is 11.0. The smallest absolute Gasteiger partial charge is 0.298 e. The van der Waals surface area contributed by atoms with E-state index >= 15 is 4.39 Å². The normalized spacial score (nSPS) is 20.0. The first-order valence-corrected chi connectivity index (χ1v) is 16.9. The van der Waals surface area contributed by atoms with Crippen LogP contribution in [0.15, 0.2) is 43.3 Å². The van der Waals surface area contributed by atoms with Crippen molar-refractivity contribution in [1.29, 1.82) is 10.5 Å². The lowest BCUT2D eigenvalue weighted by Crippen LogP contribution is -2.46. The Bertz CT molecular complexity index is 2170. The largest absolute Gasteiger partial charge is 0.472 e. The number of pyridine rings is 2. The highest BCUT2D eigenvalue weighted by Gasteiger charge is 2.35. The third-order valence-corrected chi connectivity index (χ3v) is 10.00. The Morgan fingerprint density at radius 2 is 2.10 bits per heavy atom. The second-order valence-corrected chi connectivity index (χ2v) is 13.0. The summed E-state index contributed by atoms with van der Waals surface area (Å²) in [6.45, 7) is 8.62. The number of amides is 1. The van der Waals surface area contributed by atoms with Gasteiger partial charge in [-0.2, -0.15) is 15.6 Å². The summed E-state index contributed by atoms with van der Waals surface area (Å²) in [5.74, 6) is 4.43. The highest BCUT2D eigenvalue weighted by atomic mass is 35.5. The maximum Gasteiger partial charge on any atom is 0.298 e. The van der Waals surface area contributed by atoms with Gasteiger partial charge in [-0.15, -0.1) is 0 Å². The van der Waals surface area contributed by atoms with Crippen LogP contribution in [0.2, 0.25) is 5.02 Å². The highest BCUT2D eigenvalue weighted by molar-refractivity contribution is 6.34. The van der Waals surface area contributed by atoms with Crippen LogP contribution in [0, 0.1) is 40.3 Å². The molecule has 4 aromatic rings. The van der Waals surface area contributed by atoms with E-state index < -0.39 is 5.82 Å². The van der Waals surface area contributed by atoms with Crippen molar-refractivity contribution in [2.24, 2.45) is 0 Å². The van der Waals surface area contributed by atoms with Gasteiger partial charge in [0.05, 0.1) is 57.5 Å². The van der Waals surface area contributed by atoms with Crippen molar-refractivity contribution >= 4 is 45.4 Å². The number of allylic oxidation sites excluding steroid dienone is 2. The van der Waals surface area contributed by atoms with E-state index in [1.54, 1.807) is 48.4 Å². The Hall–Kier alpha value is -5.28. The first-order valence-electron chi connectivity index (χ1n) is 16.6. The molecule has 5 heterocycles. The summed E-state index contributed by atoms with van der Waals surface area (Å²) in [7, 11) is 2.06. The van der Waals surface area contributed by atoms with Gasteiger partial charge in [-0.25, -0.2) is 9.37 Å². The van der Waals surface area contributed by atoms with Crippen molar-refractivity contribution in [2.45, 2.75) is 70.2 Å². The lowest BCUT2D eigenvalue weighted by atomic mass is 9.94. The van der Waals surface area contributed by atoms with E-state index in [9.17, 15) is 15.3 Å². The number of hydrogen-bond donors (Lipinski definition) is 0. The van der Waals surface area contributed by atoms with E-state index in [0.717, 1.165) is 19.4 Å². The van der Waals surface area contributed by atoms with Gasteiger partial charge in [0, 0.05) is 30.2 Å². The van der Waals surface area contributed by atoms with Crippen molar-refractivity contribution in [2.75, 3.05) is 20.1 Å². The molecule has 3 aromatic heterocycles. The summed E-state index contributed by atoms with van der Waals surface area (Å²) < 4.78 is 25.4. The van der Waals surface area contributed by atoms with Crippen LogP contribution >= 0.6 is 11.6 Å². The Kier molecular flexibility index (Phi) is 10.2. The molecule has 0 N–H and O–H groups in total. The Morgan fingerprint density at radius 1 is 1.28 bits per heavy atom. The number of ether oxygens (including phenoxy) is 1. The van der Waals surface area contributed by atoms with Crippen molar-refractivity contribution in [3.63, 3.8) is 0 Å². The molecule has 1 amide bonds. The van der Waals surface area contributed by atoms with Crippen LogP contribution in [0.25, 0.3) is 39.1 Å². The lowest BCUT2D eigenvalue weighted by molar-refractivity contribution is -0.129. The van der Waals surface area contributed by atoms with Crippen LogP contribution in [0.3, 0.4) is 0 Å². The molecular formula is C38H36ClFN8O2. The predicted octanol–water partition coefficient (Wildman–Crippen LogP) is 6.84. The molecule has 10 nitrogen and oxygen atoms in total. The van der Waals surface area contributed by atoms with Gasteiger partial charge < -0.3 is 9.64 Å². The minimum Gasteiger partial charge on any atom is -0.472 e. The molecule has 2 saturated heterocycles. The molecule has 254 valence electrons. The van der Waals surface area contributed by atoms with Gasteiger partial charge in [0.25, 0.3) is 5.91 Å². The highest BCUT2D eigenvalue weighted by Crippen LogP contribution is 2.42. The van der Waals surface area contributed by atoms with Crippen LogP contribution in [-0.2, 0) is 4.79 Å². The number of nitriles is 2. The van der Waals surface area contributed by atoms with Crippen molar-refractivity contribution < 1.29 is 13.9 Å². The van der Waals surface area contributed by atoms with Crippen molar-refractivity contribution in [1.82, 2.24) is 29.5 Å². The molecule has 0 bridgehead atoms. The van der Waals surface area contributed by atoms with Gasteiger partial charge >= 0.3 is 0 Å². The van der Waals surface area contributed by atoms with E-state index in [2.05, 4.69) is 47.5 Å². The average molecular weight is 691 g/mol. The molecule has 0 unspecified atom stereocenters. The molecule has 0 radical (unpaired) electrons. The SMILES string of the molecule is C=C/C=C\c1ccnc(-c2c(Cl)cc3c(nc(O[C@@H](C)[C@@H]4CCCN4C)c4cnn([C@H]5CCN(C(=O)C#CC)[C@H](CC#N)C5)c43)c2F)c1C#N. The number of aromatic nitrogens is 4. The quantitative estimate of drug-likeness (QED) is 0.145. The number of carbonyl (C=O) groups is 1. The minimum absolute atomic E-state index is 0.00207. The molecule has 4 atom stereocenters. The van der Waals surface area contributed by atoms with Crippen molar-refractivity contribution in [3.8, 4) is 41.1 Å². The average Bonchev–Trinajstić information content (AvgIpc) is 3.75. The minimum atomic E-state index is -0.743. The number of rotatable bonds is 8. The summed E-state index contributed by atoms with van der Waals surface area (Å²) in [5.41, 5.74) is 1.31. The van der Waals surface area contributed by atoms with Gasteiger partial charge in [-0.05, 0) is 76.7 Å². The molecule has 1 aromatic carbocycles. The fourth-order valence-electron chi connectivity index (χ4n) is 7.31. The topological polar surface area (TPSA) is 124 Å². The zero-order chi connectivity index (χ0) is 35.5. The van der Waals surface area contributed by atoms with Gasteiger partial charge in [0.1, 0.15) is 17.7 Å². The predicted molar refractivity (Wildman–Crippen MR) is 190 cm³/mol. The number of hydrogen-bond acceptors (Lipinski definition) is 8. The number of fused-ring (bicyclic) bond motifs is 3. The van der Waals surface area contributed by atoms with Crippen LogP contribution < -0.4 is 4.74 Å². The third kappa shape index (κ3) is 6.29. The lowest BCUT2D eigenvalue weighted by Gasteiger charge is -2.37. The first-order chi connectivity index (χ1) is 24.2. The second kappa shape index (κ2) is 14.7. The summed E-state index contributed by atoms with van der Waals surface area (Å²) in [4.78, 5) is 25.9. The molecule has 2 aliphatic rings. The van der Waals surface area contributed by atoms with E-state index in [1.165, 1.54) is 6.20 Å². The molecular weight excluding hydrogens is 655 g/mol. The fourth-order valence-corrected chi connectivity index (χ4v) is 7.59. The van der Waals surface area contributed by atoms with Crippen LogP contribution in [0.4, 0.5) is 4.39 Å². The van der Waals surface area contributed by atoms with Crippen LogP contribution in [0.1, 0.15) is 63.1 Å². The number of piperidine rings is 1. The molecule has 2 aliphatic heterocycles. The Balaban J connectivity index is 1.55. The molecule has 0 saturated carbocycles. The van der Waals surface area contributed by atoms with Crippen LogP contribution in [-0.4, -0.2) is 73.8 Å². The molecule has 6 rings (SSSR count). The van der Waals surface area contributed by atoms with Crippen LogP contribution in [0.5, 0.6) is 5.88 Å². The van der Waals surface area contributed by atoms with E-state index in [0.29, 0.717) is 41.2 Å². The zero-order valence-corrected chi connectivity index (χ0v) is 28.9. The van der Waals surface area contributed by atoms with Crippen molar-refractivity contribution in [3.05, 3.63) is 65.2 Å². The number of nitrogens with zero attached hydrogens (tertiary/aromatic N) is 8. The summed E-state index contributed by atoms with van der Waals surface area (Å²) in [6, 6.07) is 7.21.